The fourth-order valence-electron chi connectivity index (χ4n) is 5.22. The van der Waals surface area contributed by atoms with E-state index >= 15 is 0 Å². The Labute approximate surface area is 383 Å². The lowest BCUT2D eigenvalue weighted by Crippen LogP contribution is -2.29. The van der Waals surface area contributed by atoms with Crippen LogP contribution in [0.3, 0.4) is 0 Å². The third-order valence-corrected chi connectivity index (χ3v) is 10.1. The molecule has 0 aliphatic carbocycles. The maximum Gasteiger partial charge on any atom is 0.472 e. The van der Waals surface area contributed by atoms with Crippen molar-refractivity contribution in [2.24, 2.45) is 0 Å². The summed E-state index contributed by atoms with van der Waals surface area (Å²) >= 11 is 0. The van der Waals surface area contributed by atoms with Gasteiger partial charge in [0.15, 0.2) is 6.10 Å². The number of esters is 2. The second-order valence-electron chi connectivity index (χ2n) is 14.8. The predicted octanol–water partition coefficient (Wildman–Crippen LogP) is 10.9. The zero-order chi connectivity index (χ0) is 47.4. The quantitative estimate of drug-likeness (QED) is 0.0167. The van der Waals surface area contributed by atoms with Gasteiger partial charge in [-0.25, -0.2) is 9.13 Å². The van der Waals surface area contributed by atoms with E-state index < -0.39 is 66.2 Å². The maximum atomic E-state index is 12.7. The molecule has 0 heterocycles. The molecule has 5 N–H and O–H groups in total. The van der Waals surface area contributed by atoms with Crippen molar-refractivity contribution in [1.82, 2.24) is 0 Å². The van der Waals surface area contributed by atoms with Crippen LogP contribution in [0.4, 0.5) is 0 Å². The third-order valence-electron chi connectivity index (χ3n) is 8.71. The first-order chi connectivity index (χ1) is 30.8. The molecular weight excluding hydrogens is 862 g/mol. The monoisotopic (exact) mass is 940 g/mol. The summed E-state index contributed by atoms with van der Waals surface area (Å²) < 4.78 is 47.6. The van der Waals surface area contributed by atoms with Crippen LogP contribution in [0.5, 0.6) is 0 Å². The number of rotatable bonds is 41. The van der Waals surface area contributed by atoms with Crippen molar-refractivity contribution in [2.45, 2.75) is 154 Å². The van der Waals surface area contributed by atoms with Crippen LogP contribution < -0.4 is 0 Å². The molecule has 0 saturated carbocycles. The molecule has 0 spiro atoms. The van der Waals surface area contributed by atoms with E-state index in [0.29, 0.717) is 25.7 Å². The van der Waals surface area contributed by atoms with Crippen molar-refractivity contribution in [3.05, 3.63) is 109 Å². The van der Waals surface area contributed by atoms with Gasteiger partial charge in [-0.1, -0.05) is 149 Å². The van der Waals surface area contributed by atoms with Crippen molar-refractivity contribution in [3.63, 3.8) is 0 Å². The summed E-state index contributed by atoms with van der Waals surface area (Å²) in [5.74, 6) is -1.23. The van der Waals surface area contributed by atoms with Crippen LogP contribution in [-0.2, 0) is 41.8 Å². The Morgan fingerprint density at radius 1 is 0.500 bits per heavy atom. The largest absolute Gasteiger partial charge is 0.472 e. The number of phosphoric ester groups is 2. The molecule has 0 bridgehead atoms. The molecule has 364 valence electrons. The number of carbonyl (C=O) groups is 2. The average Bonchev–Trinajstić information content (AvgIpc) is 3.25. The van der Waals surface area contributed by atoms with Crippen LogP contribution in [0.15, 0.2) is 109 Å². The van der Waals surface area contributed by atoms with Crippen molar-refractivity contribution < 1.29 is 66.7 Å². The number of allylic oxidation sites excluding steroid dienone is 17. The first-order valence-electron chi connectivity index (χ1n) is 22.7. The van der Waals surface area contributed by atoms with E-state index in [9.17, 15) is 33.8 Å². The summed E-state index contributed by atoms with van der Waals surface area (Å²) in [5, 5.41) is 19.6. The van der Waals surface area contributed by atoms with Crippen molar-refractivity contribution in [1.29, 1.82) is 0 Å². The average molecular weight is 941 g/mol. The summed E-state index contributed by atoms with van der Waals surface area (Å²) in [6.07, 6.45) is 48.6. The highest BCUT2D eigenvalue weighted by Gasteiger charge is 2.28. The molecule has 16 heteroatoms. The van der Waals surface area contributed by atoms with Gasteiger partial charge in [-0.3, -0.25) is 23.2 Å². The Bertz CT molecular complexity index is 1560. The van der Waals surface area contributed by atoms with Crippen molar-refractivity contribution in [3.8, 4) is 0 Å². The van der Waals surface area contributed by atoms with E-state index in [2.05, 4.69) is 83.7 Å². The zero-order valence-corrected chi connectivity index (χ0v) is 40.0. The molecule has 1 unspecified atom stereocenters. The van der Waals surface area contributed by atoms with E-state index in [1.165, 1.54) is 19.3 Å². The number of aliphatic hydroxyl groups is 2. The minimum Gasteiger partial charge on any atom is -0.462 e. The number of aliphatic hydroxyl groups excluding tert-OH is 2. The maximum absolute atomic E-state index is 12.7. The number of hydrogen-bond donors (Lipinski definition) is 5. The Balaban J connectivity index is 4.75. The first kappa shape index (κ1) is 60.7. The number of unbranched alkanes of at least 4 members (excludes halogenated alkanes) is 5. The Morgan fingerprint density at radius 3 is 1.47 bits per heavy atom. The standard InChI is InChI=1S/C48H78O14P2/c1-3-5-7-8-9-10-11-12-13-14-15-16-17-18-22-25-28-31-34-38-47(51)58-42-46(43-61-64(56,57)60-41-45(50)40-59-63(53,54)55)62-48(52)39-35-32-29-26-23-20-19-21-24-27-30-33-37-44(49)36-6-4-2/h9-10,12-13,15-16,18-20,22,24,26-29,31,33,37,44-46,49-50H,3-8,11,14,17,21,23,25,30,32,34-36,38-43H2,1-2H3,(H,56,57)(H2,53,54,55)/b10-9-,13-12-,16-15-,20-19-,22-18-,27-24-,29-26-,31-28-,37-33-/t44-,45+,46-/m1/s1. The van der Waals surface area contributed by atoms with Gasteiger partial charge in [0.05, 0.1) is 25.9 Å². The Morgan fingerprint density at radius 2 is 0.953 bits per heavy atom. The number of hydrogen-bond acceptors (Lipinski definition) is 11. The van der Waals surface area contributed by atoms with Crippen molar-refractivity contribution in [2.75, 3.05) is 26.4 Å². The first-order valence-corrected chi connectivity index (χ1v) is 25.7. The van der Waals surface area contributed by atoms with Crippen molar-refractivity contribution >= 4 is 27.6 Å². The van der Waals surface area contributed by atoms with E-state index in [-0.39, 0.29) is 18.9 Å². The van der Waals surface area contributed by atoms with Gasteiger partial charge in [0, 0.05) is 12.8 Å². The van der Waals surface area contributed by atoms with Crippen LogP contribution in [0, 0.1) is 0 Å². The van der Waals surface area contributed by atoms with E-state index in [0.717, 1.165) is 64.2 Å². The third kappa shape index (κ3) is 45.3. The minimum absolute atomic E-state index is 0.0166. The number of phosphoric acid groups is 2. The molecule has 0 aliphatic heterocycles. The second kappa shape index (κ2) is 42.4. The molecule has 0 radical (unpaired) electrons. The van der Waals surface area contributed by atoms with Crippen LogP contribution in [0.2, 0.25) is 0 Å². The van der Waals surface area contributed by atoms with Crippen LogP contribution >= 0.6 is 15.6 Å². The molecule has 0 amide bonds. The molecule has 0 aromatic carbocycles. The van der Waals surface area contributed by atoms with Gasteiger partial charge in [0.25, 0.3) is 0 Å². The van der Waals surface area contributed by atoms with Crippen LogP contribution in [-0.4, -0.2) is 81.6 Å². The molecule has 64 heavy (non-hydrogen) atoms. The fraction of sp³-hybridized carbons (Fsp3) is 0.583. The molecule has 14 nitrogen and oxygen atoms in total. The molecule has 0 aromatic heterocycles. The lowest BCUT2D eigenvalue weighted by Gasteiger charge is -2.20. The summed E-state index contributed by atoms with van der Waals surface area (Å²) in [7, 11) is -9.74. The fourth-order valence-corrected chi connectivity index (χ4v) is 6.38. The zero-order valence-electron chi connectivity index (χ0n) is 38.2. The van der Waals surface area contributed by atoms with Crippen LogP contribution in [0.25, 0.3) is 0 Å². The Hall–Kier alpha value is -3.26. The van der Waals surface area contributed by atoms with E-state index in [1.807, 2.05) is 48.6 Å². The molecule has 0 aromatic rings. The van der Waals surface area contributed by atoms with Gasteiger partial charge in [-0.05, 0) is 83.5 Å². The summed E-state index contributed by atoms with van der Waals surface area (Å²) in [5.41, 5.74) is 0. The van der Waals surface area contributed by atoms with Gasteiger partial charge in [-0.15, -0.1) is 0 Å². The molecule has 0 fully saturated rings. The summed E-state index contributed by atoms with van der Waals surface area (Å²) in [4.78, 5) is 52.7. The smallest absolute Gasteiger partial charge is 0.462 e. The highest BCUT2D eigenvalue weighted by atomic mass is 31.2. The lowest BCUT2D eigenvalue weighted by molar-refractivity contribution is -0.161. The van der Waals surface area contributed by atoms with Crippen LogP contribution in [0.1, 0.15) is 136 Å². The van der Waals surface area contributed by atoms with E-state index in [4.69, 9.17) is 23.8 Å². The number of ether oxygens (including phenoxy) is 2. The van der Waals surface area contributed by atoms with Gasteiger partial charge in [0.2, 0.25) is 0 Å². The molecule has 0 aliphatic rings. The van der Waals surface area contributed by atoms with Gasteiger partial charge < -0.3 is 34.4 Å². The van der Waals surface area contributed by atoms with Gasteiger partial charge in [-0.2, -0.15) is 0 Å². The molecular formula is C48H78O14P2. The summed E-state index contributed by atoms with van der Waals surface area (Å²) in [6, 6.07) is 0. The topological polar surface area (TPSA) is 216 Å². The van der Waals surface area contributed by atoms with Gasteiger partial charge >= 0.3 is 27.6 Å². The summed E-state index contributed by atoms with van der Waals surface area (Å²) in [6.45, 7) is 1.40. The molecule has 0 saturated heterocycles. The minimum atomic E-state index is -4.89. The predicted molar refractivity (Wildman–Crippen MR) is 254 cm³/mol. The molecule has 0 rings (SSSR count). The molecule has 4 atom stereocenters. The number of carbonyl (C=O) groups excluding carboxylic acids is 2. The van der Waals surface area contributed by atoms with E-state index in [1.54, 1.807) is 0 Å². The van der Waals surface area contributed by atoms with Gasteiger partial charge in [0.1, 0.15) is 12.7 Å². The second-order valence-corrected chi connectivity index (χ2v) is 17.5. The highest BCUT2D eigenvalue weighted by molar-refractivity contribution is 7.47. The Kier molecular flexibility index (Phi) is 40.2. The normalized spacial score (nSPS) is 15.4. The lowest BCUT2D eigenvalue weighted by atomic mass is 10.1. The highest BCUT2D eigenvalue weighted by Crippen LogP contribution is 2.43. The SMILES string of the molecule is CCCCC/C=C\C/C=C\C/C=C\C/C=C\C/C=C\CCC(=O)OC[C@H](COP(=O)(O)OC[C@@H](O)COP(=O)(O)O)OC(=O)CCC/C=C\C/C=C\C/C=C\C/C=C\[C@H](O)CCCC.